The Labute approximate surface area is 143 Å². The summed E-state index contributed by atoms with van der Waals surface area (Å²) < 4.78 is 115. The molecule has 1 N–H and O–H groups in total. The van der Waals surface area contributed by atoms with Gasteiger partial charge in [-0.1, -0.05) is 13.2 Å². The summed E-state index contributed by atoms with van der Waals surface area (Å²) in [6, 6.07) is 0. The highest BCUT2D eigenvalue weighted by atomic mass is 19.4. The van der Waals surface area contributed by atoms with E-state index in [2.05, 4.69) is 22.6 Å². The van der Waals surface area contributed by atoms with Crippen molar-refractivity contribution in [1.82, 2.24) is 0 Å². The summed E-state index contributed by atoms with van der Waals surface area (Å²) in [6.45, 7) is 2.86. The fourth-order valence-corrected chi connectivity index (χ4v) is 1.25. The molecule has 1 unspecified atom stereocenters. The fourth-order valence-electron chi connectivity index (χ4n) is 1.25. The molecule has 0 radical (unpaired) electrons. The van der Waals surface area contributed by atoms with Gasteiger partial charge < -0.3 is 14.6 Å². The molecular weight excluding hydrogens is 384 g/mol. The van der Waals surface area contributed by atoms with Gasteiger partial charge in [-0.3, -0.25) is 0 Å². The van der Waals surface area contributed by atoms with E-state index in [1.165, 1.54) is 0 Å². The van der Waals surface area contributed by atoms with Crippen molar-refractivity contribution in [3.05, 3.63) is 24.3 Å². The van der Waals surface area contributed by atoms with E-state index in [4.69, 9.17) is 5.11 Å². The van der Waals surface area contributed by atoms with Crippen LogP contribution in [0.2, 0.25) is 0 Å². The second kappa shape index (κ2) is 7.91. The van der Waals surface area contributed by atoms with Crippen LogP contribution in [0.4, 0.5) is 35.1 Å². The number of halogens is 8. The predicted octanol–water partition coefficient (Wildman–Crippen LogP) is 3.56. The topological polar surface area (TPSA) is 55.8 Å². The zero-order valence-corrected chi connectivity index (χ0v) is 13.6. The summed E-state index contributed by atoms with van der Waals surface area (Å²) in [5.41, 5.74) is -0.837. The average Bonchev–Trinajstić information content (AvgIpc) is 2.49. The Kier molecular flexibility index (Phi) is 7.39. The smallest absolute Gasteiger partial charge is 0.381 e. The number of rotatable bonds is 10. The van der Waals surface area contributed by atoms with Crippen LogP contribution in [-0.2, 0) is 14.3 Å². The Balaban J connectivity index is 5.45. The lowest BCUT2D eigenvalue weighted by atomic mass is 9.99. The molecule has 0 aromatic heterocycles. The number of alkyl halides is 8. The van der Waals surface area contributed by atoms with Gasteiger partial charge in [0, 0.05) is 5.57 Å². The van der Waals surface area contributed by atoms with E-state index >= 15 is 0 Å². The van der Waals surface area contributed by atoms with Crippen molar-refractivity contribution in [3.63, 3.8) is 0 Å². The van der Waals surface area contributed by atoms with Gasteiger partial charge in [-0.2, -0.15) is 35.1 Å². The lowest BCUT2D eigenvalue weighted by Crippen LogP contribution is -2.64. The number of hydrogen-bond acceptors (Lipinski definition) is 4. The van der Waals surface area contributed by atoms with Gasteiger partial charge >= 0.3 is 29.7 Å². The minimum Gasteiger partial charge on any atom is -0.456 e. The second-order valence-electron chi connectivity index (χ2n) is 5.42. The first-order chi connectivity index (χ1) is 11.4. The molecule has 1 atom stereocenters. The highest BCUT2D eigenvalue weighted by Crippen LogP contribution is 2.52. The van der Waals surface area contributed by atoms with Crippen molar-refractivity contribution in [2.75, 3.05) is 13.2 Å². The first-order valence-electron chi connectivity index (χ1n) is 6.69. The standard InChI is InChI=1S/C14H16F8O4/c1-7(2)9(23)25-5-11(15,16)13(19,20)14(21,22)12(17,18)6-26-10(24)8(3)4/h9,23H,1,3,5-6H2,2,4H3. The predicted molar refractivity (Wildman–Crippen MR) is 72.3 cm³/mol. The maximum atomic E-state index is 13.5. The third kappa shape index (κ3) is 4.93. The van der Waals surface area contributed by atoms with E-state index in [0.29, 0.717) is 0 Å². The maximum Gasteiger partial charge on any atom is 0.381 e. The number of carbonyl (C=O) groups excluding carboxylic acids is 1. The number of esters is 1. The lowest BCUT2D eigenvalue weighted by Gasteiger charge is -2.36. The van der Waals surface area contributed by atoms with E-state index < -0.39 is 54.7 Å². The monoisotopic (exact) mass is 400 g/mol. The summed E-state index contributed by atoms with van der Waals surface area (Å²) in [7, 11) is 0. The molecule has 0 aliphatic heterocycles. The SMILES string of the molecule is C=C(C)C(=O)OCC(F)(F)C(F)(F)C(F)(F)C(F)(F)COC(O)C(=C)C. The Morgan fingerprint density at radius 1 is 0.923 bits per heavy atom. The van der Waals surface area contributed by atoms with Crippen molar-refractivity contribution in [3.8, 4) is 0 Å². The van der Waals surface area contributed by atoms with Crippen molar-refractivity contribution < 1.29 is 54.5 Å². The third-order valence-electron chi connectivity index (χ3n) is 2.89. The van der Waals surface area contributed by atoms with Crippen LogP contribution in [0.1, 0.15) is 13.8 Å². The van der Waals surface area contributed by atoms with E-state index in [1.54, 1.807) is 0 Å². The van der Waals surface area contributed by atoms with Gasteiger partial charge in [0.25, 0.3) is 0 Å². The molecule has 0 saturated heterocycles. The molecule has 0 rings (SSSR count). The molecule has 0 spiro atoms. The summed E-state index contributed by atoms with van der Waals surface area (Å²) >= 11 is 0. The fraction of sp³-hybridized carbons (Fsp3) is 0.643. The van der Waals surface area contributed by atoms with Gasteiger partial charge in [0.1, 0.15) is 6.61 Å². The lowest BCUT2D eigenvalue weighted by molar-refractivity contribution is -0.378. The van der Waals surface area contributed by atoms with Crippen LogP contribution >= 0.6 is 0 Å². The normalized spacial score (nSPS) is 14.7. The second-order valence-corrected chi connectivity index (χ2v) is 5.42. The van der Waals surface area contributed by atoms with Crippen LogP contribution < -0.4 is 0 Å². The zero-order chi connectivity index (χ0) is 21.1. The Hall–Kier alpha value is -1.69. The van der Waals surface area contributed by atoms with Crippen molar-refractivity contribution in [2.45, 2.75) is 43.8 Å². The third-order valence-corrected chi connectivity index (χ3v) is 2.89. The molecule has 26 heavy (non-hydrogen) atoms. The molecule has 0 aliphatic carbocycles. The largest absolute Gasteiger partial charge is 0.456 e. The quantitative estimate of drug-likeness (QED) is 0.200. The summed E-state index contributed by atoms with van der Waals surface area (Å²) in [5, 5.41) is 9.01. The van der Waals surface area contributed by atoms with Crippen LogP contribution in [0.3, 0.4) is 0 Å². The molecule has 12 heteroatoms. The van der Waals surface area contributed by atoms with Gasteiger partial charge in [-0.25, -0.2) is 4.79 Å². The van der Waals surface area contributed by atoms with E-state index in [9.17, 15) is 39.9 Å². The zero-order valence-electron chi connectivity index (χ0n) is 13.6. The van der Waals surface area contributed by atoms with Crippen LogP contribution in [0, 0.1) is 0 Å². The van der Waals surface area contributed by atoms with Gasteiger partial charge in [0.05, 0.1) is 0 Å². The average molecular weight is 400 g/mol. The molecule has 152 valence electrons. The van der Waals surface area contributed by atoms with Crippen LogP contribution in [0.5, 0.6) is 0 Å². The molecular formula is C14H16F8O4. The van der Waals surface area contributed by atoms with E-state index in [0.717, 1.165) is 13.8 Å². The summed E-state index contributed by atoms with van der Waals surface area (Å²) in [4.78, 5) is 10.9. The number of aliphatic hydroxyl groups excluding tert-OH is 1. The van der Waals surface area contributed by atoms with Crippen LogP contribution in [0.25, 0.3) is 0 Å². The van der Waals surface area contributed by atoms with E-state index in [1.807, 2.05) is 0 Å². The van der Waals surface area contributed by atoms with Gasteiger partial charge in [0.2, 0.25) is 0 Å². The highest BCUT2D eigenvalue weighted by molar-refractivity contribution is 5.86. The highest BCUT2D eigenvalue weighted by Gasteiger charge is 2.80. The van der Waals surface area contributed by atoms with Gasteiger partial charge in [0.15, 0.2) is 12.9 Å². The molecule has 0 aromatic rings. The minimum absolute atomic E-state index is 0.326. The van der Waals surface area contributed by atoms with Gasteiger partial charge in [-0.15, -0.1) is 0 Å². The minimum atomic E-state index is -6.63. The Bertz CT molecular complexity index is 559. The molecule has 0 bridgehead atoms. The van der Waals surface area contributed by atoms with Crippen molar-refractivity contribution in [1.29, 1.82) is 0 Å². The summed E-state index contributed by atoms with van der Waals surface area (Å²) in [5.74, 6) is -26.5. The van der Waals surface area contributed by atoms with E-state index in [-0.39, 0.29) is 5.57 Å². The number of carbonyl (C=O) groups is 1. The molecule has 0 aromatic carbocycles. The molecule has 0 heterocycles. The summed E-state index contributed by atoms with van der Waals surface area (Å²) in [6.07, 6.45) is -2.21. The van der Waals surface area contributed by atoms with Crippen LogP contribution in [0.15, 0.2) is 24.3 Å². The first-order valence-corrected chi connectivity index (χ1v) is 6.69. The first kappa shape index (κ1) is 24.3. The number of ether oxygens (including phenoxy) is 2. The molecule has 4 nitrogen and oxygen atoms in total. The van der Waals surface area contributed by atoms with Crippen molar-refractivity contribution >= 4 is 5.97 Å². The maximum absolute atomic E-state index is 13.5. The van der Waals surface area contributed by atoms with Crippen LogP contribution in [-0.4, -0.2) is 54.3 Å². The van der Waals surface area contributed by atoms with Gasteiger partial charge in [-0.05, 0) is 19.4 Å². The van der Waals surface area contributed by atoms with Crippen molar-refractivity contribution in [2.24, 2.45) is 0 Å². The molecule has 0 amide bonds. The Morgan fingerprint density at radius 3 is 1.65 bits per heavy atom. The molecule has 0 aliphatic rings. The number of hydrogen-bond donors (Lipinski definition) is 1. The number of aliphatic hydroxyl groups is 1. The Morgan fingerprint density at radius 2 is 1.31 bits per heavy atom. The molecule has 0 fully saturated rings. The molecule has 0 saturated carbocycles.